The Morgan fingerprint density at radius 1 is 0.914 bits per heavy atom. The van der Waals surface area contributed by atoms with Crippen LogP contribution in [0.3, 0.4) is 0 Å². The maximum absolute atomic E-state index is 15.1. The van der Waals surface area contributed by atoms with Gasteiger partial charge in [0.2, 0.25) is 5.91 Å². The van der Waals surface area contributed by atoms with Gasteiger partial charge in [-0.25, -0.2) is 8.78 Å². The van der Waals surface area contributed by atoms with E-state index in [0.29, 0.717) is 44.6 Å². The highest BCUT2D eigenvalue weighted by Gasteiger charge is 2.50. The van der Waals surface area contributed by atoms with Gasteiger partial charge in [-0.3, -0.25) is 14.4 Å². The molecule has 2 aliphatic carbocycles. The van der Waals surface area contributed by atoms with Crippen molar-refractivity contribution in [2.75, 3.05) is 31.5 Å². The topological polar surface area (TPSA) is 90.0 Å². The fourth-order valence-corrected chi connectivity index (χ4v) is 4.52. The first kappa shape index (κ1) is 23.4. The maximum Gasteiger partial charge on any atom is 0.254 e. The molecule has 2 aromatic carbocycles. The molecule has 5 rings (SSSR count). The van der Waals surface area contributed by atoms with Crippen molar-refractivity contribution >= 4 is 23.4 Å². The Bertz CT molecular complexity index is 1170. The molecule has 3 amide bonds. The van der Waals surface area contributed by atoms with E-state index in [1.54, 1.807) is 9.80 Å². The summed E-state index contributed by atoms with van der Waals surface area (Å²) in [7, 11) is 0. The predicted molar refractivity (Wildman–Crippen MR) is 124 cm³/mol. The van der Waals surface area contributed by atoms with Crippen molar-refractivity contribution in [1.29, 1.82) is 0 Å². The highest BCUT2D eigenvalue weighted by molar-refractivity contribution is 5.96. The van der Waals surface area contributed by atoms with E-state index in [9.17, 15) is 23.9 Å². The number of nitrogens with zero attached hydrogens (tertiary/aromatic N) is 2. The van der Waals surface area contributed by atoms with E-state index in [4.69, 9.17) is 0 Å². The quantitative estimate of drug-likeness (QED) is 0.684. The molecule has 0 bridgehead atoms. The molecular formula is C26H27F2N3O4. The third kappa shape index (κ3) is 4.52. The summed E-state index contributed by atoms with van der Waals surface area (Å²) < 4.78 is 29.7. The van der Waals surface area contributed by atoms with Gasteiger partial charge in [-0.05, 0) is 55.5 Å². The second-order valence-corrected chi connectivity index (χ2v) is 9.59. The van der Waals surface area contributed by atoms with Crippen LogP contribution >= 0.6 is 0 Å². The summed E-state index contributed by atoms with van der Waals surface area (Å²) in [4.78, 5) is 40.6. The normalized spacial score (nSPS) is 19.2. The molecule has 0 aromatic heterocycles. The first-order chi connectivity index (χ1) is 16.8. The minimum atomic E-state index is -1.22. The van der Waals surface area contributed by atoms with Crippen LogP contribution in [-0.2, 0) is 9.59 Å². The molecule has 184 valence electrons. The van der Waals surface area contributed by atoms with E-state index in [0.717, 1.165) is 25.3 Å². The second-order valence-electron chi connectivity index (χ2n) is 9.59. The molecule has 35 heavy (non-hydrogen) atoms. The second kappa shape index (κ2) is 9.03. The Morgan fingerprint density at radius 3 is 2.11 bits per heavy atom. The molecule has 1 saturated heterocycles. The summed E-state index contributed by atoms with van der Waals surface area (Å²) in [5, 5.41) is 12.6. The van der Waals surface area contributed by atoms with E-state index in [1.807, 2.05) is 0 Å². The van der Waals surface area contributed by atoms with Gasteiger partial charge in [-0.15, -0.1) is 0 Å². The number of carbonyl (C=O) groups excluding carboxylic acids is 3. The zero-order valence-electron chi connectivity index (χ0n) is 19.2. The predicted octanol–water partition coefficient (Wildman–Crippen LogP) is 3.18. The van der Waals surface area contributed by atoms with Gasteiger partial charge in [0.05, 0.1) is 11.3 Å². The molecule has 2 saturated carbocycles. The van der Waals surface area contributed by atoms with E-state index in [-0.39, 0.29) is 40.5 Å². The summed E-state index contributed by atoms with van der Waals surface area (Å²) in [6.07, 6.45) is 3.47. The van der Waals surface area contributed by atoms with E-state index in [1.165, 1.54) is 30.3 Å². The average Bonchev–Trinajstić information content (AvgIpc) is 3.58. The molecule has 0 atom stereocenters. The highest BCUT2D eigenvalue weighted by atomic mass is 19.1. The van der Waals surface area contributed by atoms with Crippen molar-refractivity contribution in [3.05, 3.63) is 53.6 Å². The number of nitrogens with one attached hydrogen (secondary N) is 1. The Balaban J connectivity index is 1.26. The Labute approximate surface area is 201 Å². The summed E-state index contributed by atoms with van der Waals surface area (Å²) in [5.74, 6) is -2.52. The molecule has 7 nitrogen and oxygen atoms in total. The van der Waals surface area contributed by atoms with E-state index in [2.05, 4.69) is 5.32 Å². The lowest BCUT2D eigenvalue weighted by atomic mass is 9.85. The smallest absolute Gasteiger partial charge is 0.254 e. The first-order valence-corrected chi connectivity index (χ1v) is 12.0. The monoisotopic (exact) mass is 483 g/mol. The number of carbonyl (C=O) groups is 3. The summed E-state index contributed by atoms with van der Waals surface area (Å²) in [6, 6.07) is 8.33. The number of anilines is 1. The van der Waals surface area contributed by atoms with Crippen molar-refractivity contribution < 1.29 is 28.3 Å². The number of rotatable bonds is 5. The average molecular weight is 484 g/mol. The fraction of sp³-hybridized carbons (Fsp3) is 0.423. The van der Waals surface area contributed by atoms with E-state index < -0.39 is 17.2 Å². The number of hydrogen-bond donors (Lipinski definition) is 2. The van der Waals surface area contributed by atoms with Crippen LogP contribution in [0, 0.1) is 17.6 Å². The fourth-order valence-electron chi connectivity index (χ4n) is 4.52. The van der Waals surface area contributed by atoms with Gasteiger partial charge in [0, 0.05) is 37.7 Å². The van der Waals surface area contributed by atoms with Gasteiger partial charge in [0.25, 0.3) is 11.8 Å². The Morgan fingerprint density at radius 2 is 1.54 bits per heavy atom. The lowest BCUT2D eigenvalue weighted by Gasteiger charge is -2.35. The molecule has 2 aromatic rings. The number of hydrogen-bond acceptors (Lipinski definition) is 4. The zero-order chi connectivity index (χ0) is 24.7. The maximum atomic E-state index is 15.1. The van der Waals surface area contributed by atoms with Gasteiger partial charge in [0.15, 0.2) is 5.82 Å². The van der Waals surface area contributed by atoms with Crippen molar-refractivity contribution in [3.8, 4) is 11.1 Å². The van der Waals surface area contributed by atoms with Gasteiger partial charge in [-0.2, -0.15) is 0 Å². The number of benzene rings is 2. The number of halogens is 2. The lowest BCUT2D eigenvalue weighted by Crippen LogP contribution is -2.53. The van der Waals surface area contributed by atoms with Crippen molar-refractivity contribution in [2.24, 2.45) is 5.92 Å². The van der Waals surface area contributed by atoms with Crippen LogP contribution < -0.4 is 5.32 Å². The van der Waals surface area contributed by atoms with Crippen molar-refractivity contribution in [3.63, 3.8) is 0 Å². The number of piperazine rings is 1. The van der Waals surface area contributed by atoms with Crippen LogP contribution in [0.1, 0.15) is 42.5 Å². The number of amides is 3. The van der Waals surface area contributed by atoms with Gasteiger partial charge in [-0.1, -0.05) is 18.6 Å². The van der Waals surface area contributed by atoms with Crippen molar-refractivity contribution in [1.82, 2.24) is 9.80 Å². The Kier molecular flexibility index (Phi) is 6.04. The van der Waals surface area contributed by atoms with Crippen molar-refractivity contribution in [2.45, 2.75) is 37.7 Å². The first-order valence-electron chi connectivity index (χ1n) is 12.0. The van der Waals surface area contributed by atoms with E-state index >= 15 is 4.39 Å². The molecule has 1 heterocycles. The molecule has 0 spiro atoms. The molecule has 0 radical (unpaired) electrons. The largest absolute Gasteiger partial charge is 0.380 e. The molecular weight excluding hydrogens is 456 g/mol. The van der Waals surface area contributed by atoms with Gasteiger partial charge in [0.1, 0.15) is 11.4 Å². The standard InChI is InChI=1S/C26H27F2N3O4/c27-19-8-9-20(29-23(32)17-2-1-3-17)22(28)21(19)16-4-6-18(7-5-16)24(33)30-12-14-31(15-13-30)25(34)26(35)10-11-26/h4-9,17,35H,1-3,10-15H2,(H,29,32). The van der Waals surface area contributed by atoms with Gasteiger partial charge >= 0.3 is 0 Å². The third-order valence-corrected chi connectivity index (χ3v) is 7.22. The molecule has 3 aliphatic rings. The van der Waals surface area contributed by atoms with Gasteiger partial charge < -0.3 is 20.2 Å². The third-order valence-electron chi connectivity index (χ3n) is 7.22. The Hall–Kier alpha value is -3.33. The van der Waals surface area contributed by atoms with Crippen LogP contribution in [-0.4, -0.2) is 64.4 Å². The van der Waals surface area contributed by atoms with Crippen LogP contribution in [0.15, 0.2) is 36.4 Å². The number of aliphatic hydroxyl groups is 1. The molecule has 0 unspecified atom stereocenters. The van der Waals surface area contributed by atoms with Crippen LogP contribution in [0.5, 0.6) is 0 Å². The highest BCUT2D eigenvalue weighted by Crippen LogP contribution is 2.37. The zero-order valence-corrected chi connectivity index (χ0v) is 19.2. The molecule has 9 heteroatoms. The molecule has 2 N–H and O–H groups in total. The minimum Gasteiger partial charge on any atom is -0.380 e. The van der Waals surface area contributed by atoms with Crippen LogP contribution in [0.2, 0.25) is 0 Å². The summed E-state index contributed by atoms with van der Waals surface area (Å²) in [6.45, 7) is 1.38. The summed E-state index contributed by atoms with van der Waals surface area (Å²) >= 11 is 0. The molecule has 1 aliphatic heterocycles. The summed E-state index contributed by atoms with van der Waals surface area (Å²) in [5.41, 5.74) is -0.930. The van der Waals surface area contributed by atoms with Crippen LogP contribution in [0.4, 0.5) is 14.5 Å². The van der Waals surface area contributed by atoms with Crippen LogP contribution in [0.25, 0.3) is 11.1 Å². The lowest BCUT2D eigenvalue weighted by molar-refractivity contribution is -0.143. The molecule has 3 fully saturated rings. The minimum absolute atomic E-state index is 0.0678. The SMILES string of the molecule is O=C(Nc1ccc(F)c(-c2ccc(C(=O)N3CCN(C(=O)C4(O)CC4)CC3)cc2)c1F)C1CCC1.